The van der Waals surface area contributed by atoms with Crippen LogP contribution in [0, 0.1) is 11.3 Å². The van der Waals surface area contributed by atoms with Crippen molar-refractivity contribution in [3.05, 3.63) is 41.6 Å². The molecule has 130 valence electrons. The molecular weight excluding hydrogens is 318 g/mol. The van der Waals surface area contributed by atoms with Crippen LogP contribution in [0.1, 0.15) is 49.3 Å². The number of nitrogens with one attached hydrogen (secondary N) is 1. The van der Waals surface area contributed by atoms with Crippen molar-refractivity contribution in [1.29, 1.82) is 5.26 Å². The maximum Gasteiger partial charge on any atom is 0.414 e. The standard InChI is InChI=1S/C19H21N3O3/c1-25-19(24)22-12-13(11-20)15-9-5-6-10-16(15)17(22)18(23)21-14-7-3-2-4-8-14/h5-6,9-10,12,14,17H,2-4,7-8H2,1H3,(H,21,23). The van der Waals surface area contributed by atoms with Gasteiger partial charge in [0.15, 0.2) is 0 Å². The number of nitrogens with zero attached hydrogens (tertiary/aromatic N) is 2. The molecule has 1 N–H and O–H groups in total. The van der Waals surface area contributed by atoms with E-state index in [1.165, 1.54) is 24.6 Å². The molecule has 0 saturated heterocycles. The number of carbonyl (C=O) groups excluding carboxylic acids is 2. The second-order valence-corrected chi connectivity index (χ2v) is 6.37. The number of methoxy groups -OCH3 is 1. The summed E-state index contributed by atoms with van der Waals surface area (Å²) in [6, 6.07) is 8.58. The average molecular weight is 339 g/mol. The van der Waals surface area contributed by atoms with Gasteiger partial charge in [0.2, 0.25) is 5.91 Å². The van der Waals surface area contributed by atoms with Crippen LogP contribution >= 0.6 is 0 Å². The largest absolute Gasteiger partial charge is 0.452 e. The predicted octanol–water partition coefficient (Wildman–Crippen LogP) is 3.12. The molecule has 6 heteroatoms. The zero-order valence-electron chi connectivity index (χ0n) is 14.2. The van der Waals surface area contributed by atoms with Crippen LogP contribution < -0.4 is 5.32 Å². The molecule has 2 aliphatic rings. The Morgan fingerprint density at radius 3 is 2.64 bits per heavy atom. The molecule has 1 aliphatic heterocycles. The minimum Gasteiger partial charge on any atom is -0.452 e. The van der Waals surface area contributed by atoms with Gasteiger partial charge >= 0.3 is 6.09 Å². The van der Waals surface area contributed by atoms with Gasteiger partial charge < -0.3 is 10.1 Å². The van der Waals surface area contributed by atoms with Crippen molar-refractivity contribution in [3.63, 3.8) is 0 Å². The van der Waals surface area contributed by atoms with Crippen LogP contribution in [0.2, 0.25) is 0 Å². The normalized spacial score (nSPS) is 20.1. The van der Waals surface area contributed by atoms with E-state index in [1.54, 1.807) is 18.2 Å². The fraction of sp³-hybridized carbons (Fsp3) is 0.421. The van der Waals surface area contributed by atoms with Gasteiger partial charge in [-0.15, -0.1) is 0 Å². The van der Waals surface area contributed by atoms with E-state index in [4.69, 9.17) is 4.74 Å². The van der Waals surface area contributed by atoms with Gasteiger partial charge in [-0.05, 0) is 24.0 Å². The molecule has 6 nitrogen and oxygen atoms in total. The Kier molecular flexibility index (Phi) is 5.03. The molecule has 1 heterocycles. The third-order valence-corrected chi connectivity index (χ3v) is 4.80. The van der Waals surface area contributed by atoms with E-state index in [-0.39, 0.29) is 11.9 Å². The Morgan fingerprint density at radius 1 is 1.24 bits per heavy atom. The van der Waals surface area contributed by atoms with E-state index < -0.39 is 12.1 Å². The molecule has 1 atom stereocenters. The SMILES string of the molecule is COC(=O)N1C=C(C#N)c2ccccc2C1C(=O)NC1CCCCC1. The van der Waals surface area contributed by atoms with E-state index in [0.717, 1.165) is 25.7 Å². The fourth-order valence-electron chi connectivity index (χ4n) is 3.56. The van der Waals surface area contributed by atoms with Crippen LogP contribution in [0.5, 0.6) is 0 Å². The molecule has 2 amide bonds. The van der Waals surface area contributed by atoms with E-state index in [1.807, 2.05) is 6.07 Å². The molecule has 1 aromatic rings. The van der Waals surface area contributed by atoms with Gasteiger partial charge in [-0.1, -0.05) is 43.5 Å². The Balaban J connectivity index is 1.95. The third-order valence-electron chi connectivity index (χ3n) is 4.80. The maximum absolute atomic E-state index is 13.0. The second-order valence-electron chi connectivity index (χ2n) is 6.37. The van der Waals surface area contributed by atoms with Crippen LogP contribution in [-0.4, -0.2) is 30.1 Å². The summed E-state index contributed by atoms with van der Waals surface area (Å²) >= 11 is 0. The number of fused-ring (bicyclic) bond motifs is 1. The summed E-state index contributed by atoms with van der Waals surface area (Å²) in [5.74, 6) is -0.238. The Bertz CT molecular complexity index is 745. The molecule has 1 unspecified atom stereocenters. The minimum absolute atomic E-state index is 0.134. The molecule has 0 aromatic heterocycles. The summed E-state index contributed by atoms with van der Waals surface area (Å²) in [4.78, 5) is 26.4. The number of ether oxygens (including phenoxy) is 1. The number of allylic oxidation sites excluding steroid dienone is 1. The highest BCUT2D eigenvalue weighted by Gasteiger charge is 2.37. The van der Waals surface area contributed by atoms with Gasteiger partial charge in [0.25, 0.3) is 0 Å². The second kappa shape index (κ2) is 7.39. The summed E-state index contributed by atoms with van der Waals surface area (Å²) in [7, 11) is 1.26. The van der Waals surface area contributed by atoms with Crippen LogP contribution in [-0.2, 0) is 9.53 Å². The van der Waals surface area contributed by atoms with Crippen LogP contribution in [0.15, 0.2) is 30.5 Å². The number of nitriles is 1. The lowest BCUT2D eigenvalue weighted by Gasteiger charge is -2.34. The van der Waals surface area contributed by atoms with E-state index in [0.29, 0.717) is 16.7 Å². The van der Waals surface area contributed by atoms with Crippen LogP contribution in [0.25, 0.3) is 5.57 Å². The lowest BCUT2D eigenvalue weighted by Crippen LogP contribution is -2.46. The molecule has 25 heavy (non-hydrogen) atoms. The number of amides is 2. The summed E-state index contributed by atoms with van der Waals surface area (Å²) in [6.07, 6.45) is 6.05. The first-order chi connectivity index (χ1) is 12.2. The van der Waals surface area contributed by atoms with Gasteiger partial charge in [0.05, 0.1) is 12.7 Å². The predicted molar refractivity (Wildman–Crippen MR) is 92.0 cm³/mol. The summed E-state index contributed by atoms with van der Waals surface area (Å²) < 4.78 is 4.82. The van der Waals surface area contributed by atoms with Crippen molar-refractivity contribution >= 4 is 17.6 Å². The Morgan fingerprint density at radius 2 is 1.96 bits per heavy atom. The number of hydrogen-bond acceptors (Lipinski definition) is 4. The van der Waals surface area contributed by atoms with Crippen molar-refractivity contribution in [2.45, 2.75) is 44.2 Å². The van der Waals surface area contributed by atoms with Gasteiger partial charge in [-0.2, -0.15) is 5.26 Å². The van der Waals surface area contributed by atoms with Gasteiger partial charge in [-0.3, -0.25) is 9.69 Å². The number of hydrogen-bond donors (Lipinski definition) is 1. The van der Waals surface area contributed by atoms with Crippen molar-refractivity contribution < 1.29 is 14.3 Å². The maximum atomic E-state index is 13.0. The lowest BCUT2D eigenvalue weighted by atomic mass is 9.90. The molecule has 0 radical (unpaired) electrons. The molecule has 1 saturated carbocycles. The summed E-state index contributed by atoms with van der Waals surface area (Å²) in [6.45, 7) is 0. The third kappa shape index (κ3) is 3.36. The summed E-state index contributed by atoms with van der Waals surface area (Å²) in [5.41, 5.74) is 1.65. The molecule has 1 aliphatic carbocycles. The van der Waals surface area contributed by atoms with E-state index in [2.05, 4.69) is 11.4 Å². The molecule has 1 fully saturated rings. The van der Waals surface area contributed by atoms with Crippen molar-refractivity contribution in [2.75, 3.05) is 7.11 Å². The zero-order chi connectivity index (χ0) is 17.8. The van der Waals surface area contributed by atoms with Gasteiger partial charge in [0, 0.05) is 12.2 Å². The van der Waals surface area contributed by atoms with Gasteiger partial charge in [-0.25, -0.2) is 4.79 Å². The highest BCUT2D eigenvalue weighted by atomic mass is 16.5. The van der Waals surface area contributed by atoms with Crippen molar-refractivity contribution in [3.8, 4) is 6.07 Å². The van der Waals surface area contributed by atoms with Gasteiger partial charge in [0.1, 0.15) is 12.1 Å². The molecule has 3 rings (SSSR count). The first kappa shape index (κ1) is 17.0. The highest BCUT2D eigenvalue weighted by molar-refractivity contribution is 5.93. The molecule has 0 spiro atoms. The molecular formula is C19H21N3O3. The topological polar surface area (TPSA) is 82.4 Å². The Hall–Kier alpha value is -2.81. The van der Waals surface area contributed by atoms with Crippen LogP contribution in [0.3, 0.4) is 0 Å². The monoisotopic (exact) mass is 339 g/mol. The fourth-order valence-corrected chi connectivity index (χ4v) is 3.56. The molecule has 1 aromatic carbocycles. The average Bonchev–Trinajstić information content (AvgIpc) is 2.66. The van der Waals surface area contributed by atoms with E-state index in [9.17, 15) is 14.9 Å². The van der Waals surface area contributed by atoms with Crippen molar-refractivity contribution in [1.82, 2.24) is 10.2 Å². The highest BCUT2D eigenvalue weighted by Crippen LogP contribution is 2.35. The Labute approximate surface area is 147 Å². The van der Waals surface area contributed by atoms with Crippen LogP contribution in [0.4, 0.5) is 4.79 Å². The smallest absolute Gasteiger partial charge is 0.414 e. The first-order valence-electron chi connectivity index (χ1n) is 8.53. The van der Waals surface area contributed by atoms with E-state index >= 15 is 0 Å². The molecule has 0 bridgehead atoms. The number of benzene rings is 1. The minimum atomic E-state index is -0.831. The van der Waals surface area contributed by atoms with Crippen molar-refractivity contribution in [2.24, 2.45) is 0 Å². The number of carbonyl (C=O) groups is 2. The number of rotatable bonds is 2. The zero-order valence-corrected chi connectivity index (χ0v) is 14.2. The lowest BCUT2D eigenvalue weighted by molar-refractivity contribution is -0.126. The first-order valence-corrected chi connectivity index (χ1v) is 8.53. The summed E-state index contributed by atoms with van der Waals surface area (Å²) in [5, 5.41) is 12.5. The quantitative estimate of drug-likeness (QED) is 0.897.